The first-order valence-corrected chi connectivity index (χ1v) is 6.73. The Morgan fingerprint density at radius 3 is 2.00 bits per heavy atom. The topological polar surface area (TPSA) is 37.3 Å². The van der Waals surface area contributed by atoms with Gasteiger partial charge in [0.15, 0.2) is 11.1 Å². The van der Waals surface area contributed by atoms with E-state index in [1.165, 1.54) is 32.1 Å². The van der Waals surface area contributed by atoms with Gasteiger partial charge in [0.25, 0.3) is 0 Å². The van der Waals surface area contributed by atoms with Crippen LogP contribution in [0, 0.1) is 0 Å². The Labute approximate surface area is 90.1 Å². The highest BCUT2D eigenvalue weighted by atomic mass is 32.2. The van der Waals surface area contributed by atoms with E-state index in [-0.39, 0.29) is 0 Å². The summed E-state index contributed by atoms with van der Waals surface area (Å²) in [4.78, 5) is 0. The van der Waals surface area contributed by atoms with Crippen molar-refractivity contribution < 1.29 is 8.76 Å². The van der Waals surface area contributed by atoms with E-state index in [4.69, 9.17) is 4.55 Å². The molecular weight excluding hydrogens is 196 g/mol. The molecular formula is C11H22O2S. The van der Waals surface area contributed by atoms with Gasteiger partial charge in [0.2, 0.25) is 0 Å². The zero-order chi connectivity index (χ0) is 10.6. The number of allylic oxidation sites excluding steroid dienone is 1. The maximum Gasteiger partial charge on any atom is 0.152 e. The first-order valence-electron chi connectivity index (χ1n) is 5.45. The summed E-state index contributed by atoms with van der Waals surface area (Å²) in [6.07, 6.45) is 11.4. The van der Waals surface area contributed by atoms with Crippen molar-refractivity contribution in [2.45, 2.75) is 51.4 Å². The zero-order valence-corrected chi connectivity index (χ0v) is 9.73. The third-order valence-electron chi connectivity index (χ3n) is 2.23. The Morgan fingerprint density at radius 2 is 1.50 bits per heavy atom. The van der Waals surface area contributed by atoms with Crippen molar-refractivity contribution in [1.82, 2.24) is 0 Å². The molecule has 0 aromatic carbocycles. The van der Waals surface area contributed by atoms with Crippen molar-refractivity contribution in [3.63, 3.8) is 0 Å². The predicted molar refractivity (Wildman–Crippen MR) is 62.8 cm³/mol. The molecule has 0 fully saturated rings. The molecule has 0 aromatic heterocycles. The van der Waals surface area contributed by atoms with E-state index in [1.54, 1.807) is 0 Å². The van der Waals surface area contributed by atoms with Crippen LogP contribution in [0.4, 0.5) is 0 Å². The van der Waals surface area contributed by atoms with Crippen LogP contribution in [0.2, 0.25) is 0 Å². The monoisotopic (exact) mass is 218 g/mol. The molecule has 1 unspecified atom stereocenters. The van der Waals surface area contributed by atoms with Crippen molar-refractivity contribution in [1.29, 1.82) is 0 Å². The molecule has 14 heavy (non-hydrogen) atoms. The number of unbranched alkanes of at least 4 members (excludes halogenated alkanes) is 7. The fraction of sp³-hybridized carbons (Fsp3) is 0.818. The first-order chi connectivity index (χ1) is 6.77. The molecule has 0 saturated carbocycles. The summed E-state index contributed by atoms with van der Waals surface area (Å²) in [7, 11) is 0. The highest BCUT2D eigenvalue weighted by Crippen LogP contribution is 2.08. The molecule has 1 atom stereocenters. The van der Waals surface area contributed by atoms with Crippen molar-refractivity contribution in [2.24, 2.45) is 0 Å². The van der Waals surface area contributed by atoms with Crippen LogP contribution in [0.25, 0.3) is 0 Å². The molecule has 0 radical (unpaired) electrons. The lowest BCUT2D eigenvalue weighted by molar-refractivity contribution is 0.553. The Kier molecular flexibility index (Phi) is 10.8. The highest BCUT2D eigenvalue weighted by Gasteiger charge is 1.94. The molecule has 1 N–H and O–H groups in total. The lowest BCUT2D eigenvalue weighted by Gasteiger charge is -1.99. The molecule has 0 spiro atoms. The molecule has 84 valence electrons. The minimum atomic E-state index is -1.59. The maximum atomic E-state index is 10.3. The summed E-state index contributed by atoms with van der Waals surface area (Å²) >= 11 is -1.59. The summed E-state index contributed by atoms with van der Waals surface area (Å²) < 4.78 is 18.8. The van der Waals surface area contributed by atoms with Crippen LogP contribution < -0.4 is 0 Å². The van der Waals surface area contributed by atoms with Gasteiger partial charge < -0.3 is 4.55 Å². The van der Waals surface area contributed by atoms with Gasteiger partial charge in [-0.05, 0) is 19.3 Å². The van der Waals surface area contributed by atoms with Gasteiger partial charge in [-0.25, -0.2) is 4.21 Å². The molecule has 0 aliphatic rings. The molecule has 0 aliphatic carbocycles. The van der Waals surface area contributed by atoms with E-state index in [2.05, 4.69) is 6.58 Å². The van der Waals surface area contributed by atoms with Crippen LogP contribution in [0.5, 0.6) is 0 Å². The van der Waals surface area contributed by atoms with Gasteiger partial charge in [0.1, 0.15) is 0 Å². The molecule has 0 aromatic rings. The van der Waals surface area contributed by atoms with Gasteiger partial charge in [-0.3, -0.25) is 0 Å². The molecule has 0 saturated heterocycles. The van der Waals surface area contributed by atoms with Crippen molar-refractivity contribution in [2.75, 3.05) is 5.75 Å². The van der Waals surface area contributed by atoms with Crippen molar-refractivity contribution >= 4 is 11.1 Å². The van der Waals surface area contributed by atoms with E-state index >= 15 is 0 Å². The Balaban J connectivity index is 2.92. The lowest BCUT2D eigenvalue weighted by atomic mass is 10.1. The van der Waals surface area contributed by atoms with E-state index in [0.29, 0.717) is 5.75 Å². The standard InChI is InChI=1S/C11H22O2S/c1-2-3-4-5-6-7-8-9-10-11-14(12)13/h2H,1,3-11H2,(H,12,13). The number of hydrogen-bond acceptors (Lipinski definition) is 1. The van der Waals surface area contributed by atoms with Crippen molar-refractivity contribution in [3.8, 4) is 0 Å². The van der Waals surface area contributed by atoms with Gasteiger partial charge in [-0.15, -0.1) is 6.58 Å². The summed E-state index contributed by atoms with van der Waals surface area (Å²) in [5, 5.41) is 0. The summed E-state index contributed by atoms with van der Waals surface area (Å²) in [5.41, 5.74) is 0. The van der Waals surface area contributed by atoms with E-state index < -0.39 is 11.1 Å². The van der Waals surface area contributed by atoms with Crippen LogP contribution >= 0.6 is 0 Å². The Hall–Kier alpha value is -0.150. The average molecular weight is 218 g/mol. The fourth-order valence-electron chi connectivity index (χ4n) is 1.40. The normalized spacial score (nSPS) is 12.6. The van der Waals surface area contributed by atoms with E-state index in [0.717, 1.165) is 19.3 Å². The second-order valence-electron chi connectivity index (χ2n) is 3.58. The molecule has 0 amide bonds. The predicted octanol–water partition coefficient (Wildman–Crippen LogP) is 3.51. The number of hydrogen-bond donors (Lipinski definition) is 1. The summed E-state index contributed by atoms with van der Waals surface area (Å²) in [6.45, 7) is 3.68. The van der Waals surface area contributed by atoms with Crippen LogP contribution in [0.1, 0.15) is 51.4 Å². The molecule has 0 bridgehead atoms. The van der Waals surface area contributed by atoms with Gasteiger partial charge in [0.05, 0.1) is 0 Å². The van der Waals surface area contributed by atoms with Crippen LogP contribution in [-0.4, -0.2) is 14.5 Å². The summed E-state index contributed by atoms with van der Waals surface area (Å²) in [5.74, 6) is 0.441. The van der Waals surface area contributed by atoms with Gasteiger partial charge >= 0.3 is 0 Å². The Morgan fingerprint density at radius 1 is 1.00 bits per heavy atom. The zero-order valence-electron chi connectivity index (χ0n) is 8.91. The molecule has 0 rings (SSSR count). The third-order valence-corrected chi connectivity index (χ3v) is 2.87. The minimum absolute atomic E-state index is 0.441. The molecule has 0 aliphatic heterocycles. The average Bonchev–Trinajstić information content (AvgIpc) is 2.15. The van der Waals surface area contributed by atoms with Gasteiger partial charge in [-0.2, -0.15) is 0 Å². The van der Waals surface area contributed by atoms with Gasteiger partial charge in [-0.1, -0.05) is 38.2 Å². The number of rotatable bonds is 10. The SMILES string of the molecule is C=CCCCCCCCCCS(=O)O. The molecule has 0 heterocycles. The summed E-state index contributed by atoms with van der Waals surface area (Å²) in [6, 6.07) is 0. The lowest BCUT2D eigenvalue weighted by Crippen LogP contribution is -1.94. The van der Waals surface area contributed by atoms with E-state index in [9.17, 15) is 4.21 Å². The second-order valence-corrected chi connectivity index (χ2v) is 4.63. The molecule has 3 heteroatoms. The van der Waals surface area contributed by atoms with E-state index in [1.807, 2.05) is 6.08 Å². The highest BCUT2D eigenvalue weighted by molar-refractivity contribution is 7.79. The van der Waals surface area contributed by atoms with Crippen LogP contribution in [0.3, 0.4) is 0 Å². The molecule has 2 nitrogen and oxygen atoms in total. The van der Waals surface area contributed by atoms with Crippen molar-refractivity contribution in [3.05, 3.63) is 12.7 Å². The fourth-order valence-corrected chi connectivity index (χ4v) is 1.85. The first kappa shape index (κ1) is 13.8. The quantitative estimate of drug-likeness (QED) is 0.346. The second kappa shape index (κ2) is 10.9. The van der Waals surface area contributed by atoms with Crippen LogP contribution in [-0.2, 0) is 11.1 Å². The largest absolute Gasteiger partial charge is 0.306 e. The smallest absolute Gasteiger partial charge is 0.152 e. The third kappa shape index (κ3) is 11.8. The van der Waals surface area contributed by atoms with Crippen LogP contribution in [0.15, 0.2) is 12.7 Å². The van der Waals surface area contributed by atoms with Gasteiger partial charge in [0, 0.05) is 5.75 Å². The maximum absolute atomic E-state index is 10.3. The Bertz CT molecular complexity index is 157. The minimum Gasteiger partial charge on any atom is -0.306 e.